The monoisotopic (exact) mass is 500 g/mol. The van der Waals surface area contributed by atoms with Crippen LogP contribution in [0.5, 0.6) is 0 Å². The highest BCUT2D eigenvalue weighted by molar-refractivity contribution is 9.09. The number of alkyl halides is 1. The van der Waals surface area contributed by atoms with Gasteiger partial charge in [-0.25, -0.2) is 0 Å². The van der Waals surface area contributed by atoms with Crippen LogP contribution in [0.2, 0.25) is 0 Å². The van der Waals surface area contributed by atoms with Crippen LogP contribution < -0.4 is 0 Å². The lowest BCUT2D eigenvalue weighted by Gasteiger charge is -2.37. The Hall–Kier alpha value is -1.45. The van der Waals surface area contributed by atoms with Crippen molar-refractivity contribution in [3.8, 4) is 0 Å². The number of rotatable bonds is 12. The van der Waals surface area contributed by atoms with E-state index in [1.807, 2.05) is 0 Å². The molecular weight excluding hydrogens is 468 g/mol. The van der Waals surface area contributed by atoms with Gasteiger partial charge in [-0.3, -0.25) is 14.4 Å². The lowest BCUT2D eigenvalue weighted by molar-refractivity contribution is -0.150. The molecular formula is C22H33BrN2O6. The molecule has 2 N–H and O–H groups in total. The predicted molar refractivity (Wildman–Crippen MR) is 118 cm³/mol. The number of aliphatic carboxylic acids is 1. The van der Waals surface area contributed by atoms with Crippen molar-refractivity contribution < 1.29 is 29.3 Å². The zero-order valence-corrected chi connectivity index (χ0v) is 19.6. The summed E-state index contributed by atoms with van der Waals surface area (Å²) >= 11 is 3.54. The van der Waals surface area contributed by atoms with Crippen LogP contribution in [0.15, 0.2) is 12.7 Å². The predicted octanol–water partition coefficient (Wildman–Crippen LogP) is 1.80. The van der Waals surface area contributed by atoms with Crippen molar-refractivity contribution in [3.63, 3.8) is 0 Å². The Kier molecular flexibility index (Phi) is 7.81. The van der Waals surface area contributed by atoms with E-state index in [1.54, 1.807) is 11.0 Å². The Morgan fingerprint density at radius 3 is 2.71 bits per heavy atom. The van der Waals surface area contributed by atoms with E-state index in [0.717, 1.165) is 19.3 Å². The number of unbranched alkanes of at least 4 members (excludes halogenated alkanes) is 3. The molecule has 174 valence electrons. The summed E-state index contributed by atoms with van der Waals surface area (Å²) in [5.74, 6) is -3.44. The molecule has 31 heavy (non-hydrogen) atoms. The first-order chi connectivity index (χ1) is 14.8. The molecule has 0 aromatic carbocycles. The first kappa shape index (κ1) is 24.2. The average molecular weight is 501 g/mol. The van der Waals surface area contributed by atoms with Crippen LogP contribution in [-0.4, -0.2) is 86.6 Å². The maximum Gasteiger partial charge on any atom is 0.310 e. The molecule has 2 amide bonds. The molecule has 6 atom stereocenters. The fraction of sp³-hybridized carbons (Fsp3) is 0.773. The van der Waals surface area contributed by atoms with E-state index >= 15 is 0 Å². The second-order valence-corrected chi connectivity index (χ2v) is 9.92. The minimum Gasteiger partial charge on any atom is -0.481 e. The number of carbonyl (C=O) groups excluding carboxylic acids is 2. The van der Waals surface area contributed by atoms with Gasteiger partial charge < -0.3 is 24.7 Å². The van der Waals surface area contributed by atoms with E-state index in [1.165, 1.54) is 4.90 Å². The van der Waals surface area contributed by atoms with Crippen LogP contribution in [-0.2, 0) is 19.1 Å². The number of ether oxygens (including phenoxy) is 1. The van der Waals surface area contributed by atoms with Crippen LogP contribution in [0.4, 0.5) is 0 Å². The molecule has 3 unspecified atom stereocenters. The molecule has 2 bridgehead atoms. The zero-order chi connectivity index (χ0) is 22.8. The second-order valence-electron chi connectivity index (χ2n) is 8.74. The third-order valence-electron chi connectivity index (χ3n) is 6.81. The zero-order valence-electron chi connectivity index (χ0n) is 18.0. The molecule has 0 aromatic rings. The largest absolute Gasteiger partial charge is 0.481 e. The van der Waals surface area contributed by atoms with Crippen molar-refractivity contribution in [2.45, 2.75) is 68.0 Å². The number of fused-ring (bicyclic) bond motifs is 1. The van der Waals surface area contributed by atoms with E-state index in [4.69, 9.17) is 4.74 Å². The molecule has 1 spiro atoms. The fourth-order valence-electron chi connectivity index (χ4n) is 5.50. The van der Waals surface area contributed by atoms with E-state index in [-0.39, 0.29) is 29.8 Å². The highest BCUT2D eigenvalue weighted by Gasteiger charge is 2.76. The minimum absolute atomic E-state index is 0.00534. The summed E-state index contributed by atoms with van der Waals surface area (Å²) in [5.41, 5.74) is -1.14. The molecule has 8 nitrogen and oxygen atoms in total. The number of carboxylic acid groups (broad SMARTS) is 1. The summed E-state index contributed by atoms with van der Waals surface area (Å²) < 4.78 is 6.25. The molecule has 3 heterocycles. The number of aliphatic hydroxyl groups excluding tert-OH is 1. The maximum atomic E-state index is 13.8. The number of hydrogen-bond acceptors (Lipinski definition) is 5. The summed E-state index contributed by atoms with van der Waals surface area (Å²) in [6.45, 7) is 7.07. The number of halogens is 1. The summed E-state index contributed by atoms with van der Waals surface area (Å²) in [4.78, 5) is 42.4. The number of carbonyl (C=O) groups is 3. The molecule has 0 saturated carbocycles. The van der Waals surface area contributed by atoms with Crippen molar-refractivity contribution in [3.05, 3.63) is 12.7 Å². The number of amides is 2. The average Bonchev–Trinajstić information content (AvgIpc) is 3.31. The number of likely N-dealkylation sites (tertiary alicyclic amines) is 1. The Balaban J connectivity index is 1.97. The Morgan fingerprint density at radius 2 is 2.10 bits per heavy atom. The van der Waals surface area contributed by atoms with E-state index in [2.05, 4.69) is 29.4 Å². The first-order valence-electron chi connectivity index (χ1n) is 11.2. The van der Waals surface area contributed by atoms with Gasteiger partial charge in [-0.15, -0.1) is 6.58 Å². The number of nitrogens with zero attached hydrogens (tertiary/aromatic N) is 2. The smallest absolute Gasteiger partial charge is 0.310 e. The van der Waals surface area contributed by atoms with Gasteiger partial charge in [0.25, 0.3) is 0 Å². The maximum absolute atomic E-state index is 13.8. The SMILES string of the molecule is C=CCN(CCCCC)C(=O)C1N(CCCCO)C(=O)[C@@H]2[C@@H](C(=O)O)[C@@H]3OC12CC3Br. The summed E-state index contributed by atoms with van der Waals surface area (Å²) in [6, 6.07) is -0.861. The van der Waals surface area contributed by atoms with Gasteiger partial charge >= 0.3 is 5.97 Å². The van der Waals surface area contributed by atoms with Gasteiger partial charge in [0.05, 0.1) is 17.9 Å². The van der Waals surface area contributed by atoms with E-state index < -0.39 is 35.6 Å². The number of hydrogen-bond donors (Lipinski definition) is 2. The van der Waals surface area contributed by atoms with Crippen LogP contribution in [0, 0.1) is 11.8 Å². The van der Waals surface area contributed by atoms with Crippen molar-refractivity contribution in [1.29, 1.82) is 0 Å². The molecule has 3 rings (SSSR count). The molecule has 3 saturated heterocycles. The molecule has 3 aliphatic heterocycles. The lowest BCUT2D eigenvalue weighted by atomic mass is 9.70. The Bertz CT molecular complexity index is 718. The van der Waals surface area contributed by atoms with Gasteiger partial charge in [-0.05, 0) is 25.7 Å². The number of aliphatic hydroxyl groups is 1. The van der Waals surface area contributed by atoms with Gasteiger partial charge in [0.2, 0.25) is 11.8 Å². The number of carboxylic acids is 1. The van der Waals surface area contributed by atoms with Crippen molar-refractivity contribution in [2.24, 2.45) is 11.8 Å². The first-order valence-corrected chi connectivity index (χ1v) is 12.1. The van der Waals surface area contributed by atoms with Gasteiger partial charge in [-0.2, -0.15) is 0 Å². The topological polar surface area (TPSA) is 107 Å². The van der Waals surface area contributed by atoms with Crippen molar-refractivity contribution >= 4 is 33.7 Å². The second kappa shape index (κ2) is 10.0. The Labute approximate surface area is 191 Å². The van der Waals surface area contributed by atoms with Gasteiger partial charge in [0, 0.05) is 31.1 Å². The van der Waals surface area contributed by atoms with Crippen molar-refractivity contribution in [1.82, 2.24) is 9.80 Å². The molecule has 0 radical (unpaired) electrons. The van der Waals surface area contributed by atoms with E-state index in [0.29, 0.717) is 32.4 Å². The van der Waals surface area contributed by atoms with Gasteiger partial charge in [0.1, 0.15) is 11.6 Å². The highest BCUT2D eigenvalue weighted by atomic mass is 79.9. The summed E-state index contributed by atoms with van der Waals surface area (Å²) in [6.07, 6.45) is 5.35. The molecule has 3 aliphatic rings. The quantitative estimate of drug-likeness (QED) is 0.240. The fourth-order valence-corrected chi connectivity index (χ4v) is 6.44. The molecule has 9 heteroatoms. The molecule has 0 aliphatic carbocycles. The van der Waals surface area contributed by atoms with Gasteiger partial charge in [0.15, 0.2) is 0 Å². The van der Waals surface area contributed by atoms with Crippen LogP contribution >= 0.6 is 15.9 Å². The summed E-state index contributed by atoms with van der Waals surface area (Å²) in [7, 11) is 0. The molecule has 0 aromatic heterocycles. The Morgan fingerprint density at radius 1 is 1.35 bits per heavy atom. The minimum atomic E-state index is -1.14. The van der Waals surface area contributed by atoms with E-state index in [9.17, 15) is 24.6 Å². The van der Waals surface area contributed by atoms with Crippen LogP contribution in [0.25, 0.3) is 0 Å². The third-order valence-corrected chi connectivity index (χ3v) is 7.65. The highest BCUT2D eigenvalue weighted by Crippen LogP contribution is 2.60. The van der Waals surface area contributed by atoms with Crippen LogP contribution in [0.3, 0.4) is 0 Å². The van der Waals surface area contributed by atoms with Crippen LogP contribution in [0.1, 0.15) is 45.4 Å². The standard InChI is InChI=1S/C22H33BrN2O6/c1-3-5-6-10-24(9-4-2)20(28)18-22-13-14(23)17(31-22)15(21(29)30)16(22)19(27)25(18)11-7-8-12-26/h4,14-18,26H,2-3,5-13H2,1H3,(H,29,30)/t14?,15-,16+,17-,18?,22?/m1/s1. The molecule has 3 fully saturated rings. The van der Waals surface area contributed by atoms with Crippen molar-refractivity contribution in [2.75, 3.05) is 26.2 Å². The lowest BCUT2D eigenvalue weighted by Crippen LogP contribution is -2.57. The summed E-state index contributed by atoms with van der Waals surface area (Å²) in [5, 5.41) is 19.0. The third kappa shape index (κ3) is 4.16. The normalized spacial score (nSPS) is 33.6. The van der Waals surface area contributed by atoms with Gasteiger partial charge in [-0.1, -0.05) is 41.8 Å².